The van der Waals surface area contributed by atoms with Crippen molar-refractivity contribution in [3.05, 3.63) is 22.6 Å². The van der Waals surface area contributed by atoms with Gasteiger partial charge in [0.05, 0.1) is 27.9 Å². The molecule has 0 bridgehead atoms. The number of amides is 2. The lowest BCUT2D eigenvalue weighted by Gasteiger charge is -2.07. The van der Waals surface area contributed by atoms with Gasteiger partial charge in [0.25, 0.3) is 5.91 Å². The highest BCUT2D eigenvalue weighted by molar-refractivity contribution is 7.22. The van der Waals surface area contributed by atoms with Crippen LogP contribution in [0.15, 0.2) is 12.1 Å². The summed E-state index contributed by atoms with van der Waals surface area (Å²) in [5, 5.41) is 0.511. The number of ether oxygens (including phenoxy) is 1. The van der Waals surface area contributed by atoms with Gasteiger partial charge < -0.3 is 21.9 Å². The molecule has 0 saturated heterocycles. The third-order valence-corrected chi connectivity index (χ3v) is 3.88. The molecule has 2 rings (SSSR count). The zero-order chi connectivity index (χ0) is 14.2. The Hall–Kier alpha value is -2.28. The van der Waals surface area contributed by atoms with Crippen molar-refractivity contribution in [2.75, 3.05) is 12.3 Å². The van der Waals surface area contributed by atoms with Gasteiger partial charge in [0.2, 0.25) is 5.91 Å². The molecule has 0 radical (unpaired) electrons. The standard InChI is InChI=1S/C12H13N3O3S/c1-2-18-6-4-3-5(11(14)16)9-7(6)8(13)10(19-9)12(15)17/h3-4H,2,13H2,1H3,(H2,14,16)(H2,15,17). The van der Waals surface area contributed by atoms with Crippen molar-refractivity contribution in [3.63, 3.8) is 0 Å². The topological polar surface area (TPSA) is 121 Å². The first-order valence-electron chi connectivity index (χ1n) is 5.54. The summed E-state index contributed by atoms with van der Waals surface area (Å²) >= 11 is 1.05. The molecule has 1 aromatic heterocycles. The lowest BCUT2D eigenvalue weighted by atomic mass is 10.1. The summed E-state index contributed by atoms with van der Waals surface area (Å²) in [6, 6.07) is 3.16. The summed E-state index contributed by atoms with van der Waals surface area (Å²) in [6.45, 7) is 2.26. The van der Waals surface area contributed by atoms with E-state index in [1.165, 1.54) is 0 Å². The highest BCUT2D eigenvalue weighted by Gasteiger charge is 2.21. The van der Waals surface area contributed by atoms with E-state index in [4.69, 9.17) is 21.9 Å². The predicted molar refractivity (Wildman–Crippen MR) is 74.4 cm³/mol. The monoisotopic (exact) mass is 279 g/mol. The number of carbonyl (C=O) groups is 2. The molecule has 7 heteroatoms. The molecule has 0 aliphatic rings. The Balaban J connectivity index is 2.85. The van der Waals surface area contributed by atoms with Crippen molar-refractivity contribution in [1.82, 2.24) is 0 Å². The predicted octanol–water partition coefficient (Wildman–Crippen LogP) is 1.08. The molecule has 2 amide bonds. The molecule has 0 saturated carbocycles. The van der Waals surface area contributed by atoms with E-state index in [1.807, 2.05) is 6.92 Å². The molecule has 0 unspecified atom stereocenters. The maximum atomic E-state index is 11.4. The van der Waals surface area contributed by atoms with Crippen LogP contribution in [0.3, 0.4) is 0 Å². The van der Waals surface area contributed by atoms with Crippen LogP contribution >= 0.6 is 11.3 Å². The Morgan fingerprint density at radius 2 is 1.95 bits per heavy atom. The molecule has 1 aromatic carbocycles. The molecule has 6 nitrogen and oxygen atoms in total. The number of hydrogen-bond acceptors (Lipinski definition) is 5. The van der Waals surface area contributed by atoms with Crippen LogP contribution in [0, 0.1) is 0 Å². The highest BCUT2D eigenvalue weighted by Crippen LogP contribution is 2.41. The van der Waals surface area contributed by atoms with Crippen LogP contribution in [-0.2, 0) is 0 Å². The third-order valence-electron chi connectivity index (χ3n) is 2.63. The molecule has 0 aliphatic heterocycles. The number of nitrogens with two attached hydrogens (primary N) is 3. The summed E-state index contributed by atoms with van der Waals surface area (Å²) < 4.78 is 5.97. The number of rotatable bonds is 4. The average molecular weight is 279 g/mol. The number of primary amides is 2. The quantitative estimate of drug-likeness (QED) is 0.775. The van der Waals surface area contributed by atoms with Gasteiger partial charge in [0.15, 0.2) is 0 Å². The lowest BCUT2D eigenvalue weighted by Crippen LogP contribution is -2.11. The van der Waals surface area contributed by atoms with Gasteiger partial charge in [-0.1, -0.05) is 0 Å². The van der Waals surface area contributed by atoms with Crippen molar-refractivity contribution >= 4 is 38.9 Å². The van der Waals surface area contributed by atoms with Gasteiger partial charge in [0, 0.05) is 0 Å². The minimum atomic E-state index is -0.642. The average Bonchev–Trinajstić information content (AvgIpc) is 2.68. The Morgan fingerprint density at radius 3 is 2.47 bits per heavy atom. The van der Waals surface area contributed by atoms with Crippen molar-refractivity contribution in [2.24, 2.45) is 11.5 Å². The van der Waals surface area contributed by atoms with Gasteiger partial charge in [-0.3, -0.25) is 9.59 Å². The van der Waals surface area contributed by atoms with E-state index in [0.29, 0.717) is 28.0 Å². The smallest absolute Gasteiger partial charge is 0.260 e. The summed E-state index contributed by atoms with van der Waals surface area (Å²) in [6.07, 6.45) is 0. The van der Waals surface area contributed by atoms with Gasteiger partial charge in [-0.15, -0.1) is 11.3 Å². The molecule has 0 atom stereocenters. The second-order valence-electron chi connectivity index (χ2n) is 3.82. The van der Waals surface area contributed by atoms with Crippen LogP contribution < -0.4 is 21.9 Å². The van der Waals surface area contributed by atoms with E-state index >= 15 is 0 Å². The molecule has 1 heterocycles. The summed E-state index contributed by atoms with van der Waals surface area (Å²) in [7, 11) is 0. The first-order chi connectivity index (χ1) is 8.97. The van der Waals surface area contributed by atoms with Gasteiger partial charge in [-0.25, -0.2) is 0 Å². The van der Waals surface area contributed by atoms with Gasteiger partial charge in [-0.2, -0.15) is 0 Å². The first kappa shape index (κ1) is 13.2. The molecular formula is C12H13N3O3S. The zero-order valence-corrected chi connectivity index (χ0v) is 11.0. The van der Waals surface area contributed by atoms with Crippen molar-refractivity contribution in [3.8, 4) is 5.75 Å². The van der Waals surface area contributed by atoms with E-state index in [2.05, 4.69) is 0 Å². The summed E-state index contributed by atoms with van der Waals surface area (Å²) in [5.41, 5.74) is 17.0. The fourth-order valence-corrected chi connectivity index (χ4v) is 2.96. The maximum absolute atomic E-state index is 11.4. The maximum Gasteiger partial charge on any atom is 0.260 e. The van der Waals surface area contributed by atoms with E-state index in [9.17, 15) is 9.59 Å². The van der Waals surface area contributed by atoms with Crippen molar-refractivity contribution in [1.29, 1.82) is 0 Å². The van der Waals surface area contributed by atoms with Crippen molar-refractivity contribution in [2.45, 2.75) is 6.92 Å². The van der Waals surface area contributed by atoms with Crippen LogP contribution in [-0.4, -0.2) is 18.4 Å². The van der Waals surface area contributed by atoms with E-state index in [-0.39, 0.29) is 10.6 Å². The molecule has 0 spiro atoms. The Bertz CT molecular complexity index is 678. The number of nitrogen functional groups attached to an aromatic ring is 1. The number of thiophene rings is 1. The Kier molecular flexibility index (Phi) is 3.30. The van der Waals surface area contributed by atoms with Crippen LogP contribution in [0.4, 0.5) is 5.69 Å². The first-order valence-corrected chi connectivity index (χ1v) is 6.36. The van der Waals surface area contributed by atoms with Crippen LogP contribution in [0.5, 0.6) is 5.75 Å². The Morgan fingerprint density at radius 1 is 1.26 bits per heavy atom. The van der Waals surface area contributed by atoms with Gasteiger partial charge in [0.1, 0.15) is 10.6 Å². The largest absolute Gasteiger partial charge is 0.493 e. The number of anilines is 1. The molecule has 19 heavy (non-hydrogen) atoms. The van der Waals surface area contributed by atoms with E-state index in [0.717, 1.165) is 11.3 Å². The number of carbonyl (C=O) groups excluding carboxylic acids is 2. The SMILES string of the molecule is CCOc1ccc(C(N)=O)c2sc(C(N)=O)c(N)c12. The third kappa shape index (κ3) is 2.08. The normalized spacial score (nSPS) is 10.6. The zero-order valence-electron chi connectivity index (χ0n) is 10.2. The van der Waals surface area contributed by atoms with Crippen LogP contribution in [0.1, 0.15) is 27.0 Å². The number of fused-ring (bicyclic) bond motifs is 1. The molecule has 0 aliphatic carbocycles. The van der Waals surface area contributed by atoms with Crippen LogP contribution in [0.2, 0.25) is 0 Å². The van der Waals surface area contributed by atoms with Gasteiger partial charge in [-0.05, 0) is 19.1 Å². The number of hydrogen-bond donors (Lipinski definition) is 3. The second kappa shape index (κ2) is 4.77. The Labute approximate surface area is 113 Å². The highest BCUT2D eigenvalue weighted by atomic mass is 32.1. The molecular weight excluding hydrogens is 266 g/mol. The van der Waals surface area contributed by atoms with Crippen molar-refractivity contribution < 1.29 is 14.3 Å². The number of benzene rings is 1. The van der Waals surface area contributed by atoms with E-state index in [1.54, 1.807) is 12.1 Å². The lowest BCUT2D eigenvalue weighted by molar-refractivity contribution is 0.0994. The van der Waals surface area contributed by atoms with Crippen LogP contribution in [0.25, 0.3) is 10.1 Å². The van der Waals surface area contributed by atoms with Gasteiger partial charge >= 0.3 is 0 Å². The molecule has 2 aromatic rings. The second-order valence-corrected chi connectivity index (χ2v) is 4.84. The fourth-order valence-electron chi connectivity index (χ4n) is 1.85. The minimum Gasteiger partial charge on any atom is -0.493 e. The van der Waals surface area contributed by atoms with E-state index < -0.39 is 11.8 Å². The molecule has 0 fully saturated rings. The summed E-state index contributed by atoms with van der Waals surface area (Å²) in [4.78, 5) is 22.9. The summed E-state index contributed by atoms with van der Waals surface area (Å²) in [5.74, 6) is -0.731. The fraction of sp³-hybridized carbons (Fsp3) is 0.167. The molecule has 100 valence electrons. The minimum absolute atomic E-state index is 0.199. The molecule has 6 N–H and O–H groups in total.